The molecule has 0 amide bonds. The van der Waals surface area contributed by atoms with Crippen LogP contribution < -0.4 is 19.4 Å². The van der Waals surface area contributed by atoms with E-state index in [1.165, 1.54) is 0 Å². The van der Waals surface area contributed by atoms with Crippen molar-refractivity contribution >= 4 is 5.78 Å². The van der Waals surface area contributed by atoms with E-state index >= 15 is 0 Å². The van der Waals surface area contributed by atoms with Crippen LogP contribution in [0, 0.1) is 0 Å². The fourth-order valence-corrected chi connectivity index (χ4v) is 0.493. The zero-order chi connectivity index (χ0) is 7.11. The van der Waals surface area contributed by atoms with Crippen LogP contribution in [0.1, 0.15) is 13.8 Å². The minimum absolute atomic E-state index is 0. The maximum Gasteiger partial charge on any atom is 0.169 e. The number of likely N-dealkylation sites (N-methyl/N-ethyl adjacent to an activating group) is 1. The smallest absolute Gasteiger partial charge is 0.169 e. The van der Waals surface area contributed by atoms with Gasteiger partial charge in [-0.3, -0.25) is 4.79 Å². The summed E-state index contributed by atoms with van der Waals surface area (Å²) in [7, 11) is 0. The Labute approximate surface area is 95.0 Å². The van der Waals surface area contributed by atoms with Crippen LogP contribution >= 0.6 is 0 Å². The van der Waals surface area contributed by atoms with Gasteiger partial charge in [0.15, 0.2) is 5.78 Å². The summed E-state index contributed by atoms with van der Waals surface area (Å²) in [6.07, 6.45) is 3.32. The van der Waals surface area contributed by atoms with Crippen molar-refractivity contribution in [1.82, 2.24) is 5.32 Å². The van der Waals surface area contributed by atoms with Gasteiger partial charge in [0, 0.05) is 25.8 Å². The Morgan fingerprint density at radius 1 is 1.31 bits per heavy atom. The Hall–Kier alpha value is 0.0301. The number of hydrogen-bond donors (Lipinski definition) is 1. The van der Waals surface area contributed by atoms with E-state index in [4.69, 9.17) is 0 Å². The Bertz CT molecular complexity index is 122. The molecule has 0 aliphatic heterocycles. The zero-order valence-corrected chi connectivity index (χ0v) is 11.2. The molecule has 0 aliphatic carbocycles. The number of rotatable bonds is 4. The topological polar surface area (TPSA) is 29.1 Å². The summed E-state index contributed by atoms with van der Waals surface area (Å²) in [6, 6.07) is 0. The molecule has 6 heteroatoms. The number of ketones is 1. The third-order valence-corrected chi connectivity index (χ3v) is 0.902. The van der Waals surface area contributed by atoms with E-state index in [2.05, 4.69) is 5.32 Å². The SMILES string of the molecule is CC=CC(=O)CNCC.[F-].[F-].[F-].[Hf]. The second-order valence-corrected chi connectivity index (χ2v) is 1.75. The molecule has 0 bridgehead atoms. The first kappa shape index (κ1) is 29.2. The second-order valence-electron chi connectivity index (χ2n) is 1.75. The van der Waals surface area contributed by atoms with Gasteiger partial charge in [0.1, 0.15) is 0 Å². The van der Waals surface area contributed by atoms with Crippen LogP contribution in [0.4, 0.5) is 0 Å². The maximum absolute atomic E-state index is 10.7. The molecule has 0 saturated heterocycles. The van der Waals surface area contributed by atoms with E-state index in [1.54, 1.807) is 12.2 Å². The Morgan fingerprint density at radius 3 is 2.08 bits per heavy atom. The molecule has 0 aromatic carbocycles. The minimum atomic E-state index is 0. The third kappa shape index (κ3) is 24.5. The molecule has 0 fully saturated rings. The van der Waals surface area contributed by atoms with Crippen LogP contribution in [0.25, 0.3) is 0 Å². The van der Waals surface area contributed by atoms with Gasteiger partial charge in [-0.1, -0.05) is 13.0 Å². The van der Waals surface area contributed by atoms with Crippen LogP contribution in [-0.4, -0.2) is 18.9 Å². The fourth-order valence-electron chi connectivity index (χ4n) is 0.493. The molecule has 0 radical (unpaired) electrons. The summed E-state index contributed by atoms with van der Waals surface area (Å²) in [4.78, 5) is 10.7. The Morgan fingerprint density at radius 2 is 1.77 bits per heavy atom. The summed E-state index contributed by atoms with van der Waals surface area (Å²) in [5.41, 5.74) is 0. The monoisotopic (exact) mass is 364 g/mol. The molecule has 1 N–H and O–H groups in total. The fraction of sp³-hybridized carbons (Fsp3) is 0.571. The van der Waals surface area contributed by atoms with E-state index in [9.17, 15) is 4.79 Å². The molecule has 0 rings (SSSR count). The van der Waals surface area contributed by atoms with Crippen molar-refractivity contribution in [2.75, 3.05) is 13.1 Å². The van der Waals surface area contributed by atoms with Crippen LogP contribution in [0.3, 0.4) is 0 Å². The first-order chi connectivity index (χ1) is 4.31. The molecule has 13 heavy (non-hydrogen) atoms. The second kappa shape index (κ2) is 22.7. The van der Waals surface area contributed by atoms with Gasteiger partial charge in [-0.05, 0) is 19.5 Å². The number of halogens is 3. The van der Waals surface area contributed by atoms with Gasteiger partial charge in [-0.2, -0.15) is 0 Å². The van der Waals surface area contributed by atoms with Crippen molar-refractivity contribution in [3.05, 3.63) is 12.2 Å². The van der Waals surface area contributed by atoms with E-state index < -0.39 is 0 Å². The summed E-state index contributed by atoms with van der Waals surface area (Å²) < 4.78 is 0. The molecule has 0 heterocycles. The molecule has 0 aliphatic rings. The molecule has 0 aromatic heterocycles. The summed E-state index contributed by atoms with van der Waals surface area (Å²) >= 11 is 0. The van der Waals surface area contributed by atoms with Gasteiger partial charge in [0.2, 0.25) is 0 Å². The molecule has 0 atom stereocenters. The van der Waals surface area contributed by atoms with Crippen LogP contribution in [-0.2, 0) is 30.6 Å². The summed E-state index contributed by atoms with van der Waals surface area (Å²) in [5, 5.41) is 2.93. The van der Waals surface area contributed by atoms with Crippen molar-refractivity contribution in [3.8, 4) is 0 Å². The van der Waals surface area contributed by atoms with E-state index in [0.29, 0.717) is 6.54 Å². The predicted octanol–water partition coefficient (Wildman–Crippen LogP) is -8.25. The van der Waals surface area contributed by atoms with Crippen molar-refractivity contribution in [3.63, 3.8) is 0 Å². The average Bonchev–Trinajstić information content (AvgIpc) is 1.85. The zero-order valence-electron chi connectivity index (χ0n) is 7.61. The molecule has 0 aromatic rings. The average molecular weight is 363 g/mol. The van der Waals surface area contributed by atoms with E-state index in [-0.39, 0.29) is 45.7 Å². The Balaban J connectivity index is -0.0000000533. The van der Waals surface area contributed by atoms with Crippen LogP contribution in [0.2, 0.25) is 0 Å². The van der Waals surface area contributed by atoms with Crippen LogP contribution in [0.5, 0.6) is 0 Å². The predicted molar refractivity (Wildman–Crippen MR) is 38.4 cm³/mol. The quantitative estimate of drug-likeness (QED) is 0.398. The van der Waals surface area contributed by atoms with Gasteiger partial charge < -0.3 is 19.4 Å². The maximum atomic E-state index is 10.7. The summed E-state index contributed by atoms with van der Waals surface area (Å²) in [6.45, 7) is 5.12. The van der Waals surface area contributed by atoms with Crippen LogP contribution in [0.15, 0.2) is 12.2 Å². The van der Waals surface area contributed by atoms with Gasteiger partial charge in [-0.25, -0.2) is 0 Å². The Kier molecular flexibility index (Phi) is 51.1. The first-order valence-electron chi connectivity index (χ1n) is 3.17. The third-order valence-electron chi connectivity index (χ3n) is 0.902. The number of hydrogen-bond acceptors (Lipinski definition) is 2. The number of nitrogens with one attached hydrogen (secondary N) is 1. The number of carbonyl (C=O) groups excluding carboxylic acids is 1. The number of carbonyl (C=O) groups is 1. The molecule has 0 unspecified atom stereocenters. The van der Waals surface area contributed by atoms with Crippen molar-refractivity contribution in [2.45, 2.75) is 13.8 Å². The van der Waals surface area contributed by atoms with Crippen molar-refractivity contribution < 1.29 is 44.8 Å². The van der Waals surface area contributed by atoms with Gasteiger partial charge >= 0.3 is 0 Å². The minimum Gasteiger partial charge on any atom is -1.00 e. The molecular weight excluding hydrogens is 350 g/mol. The summed E-state index contributed by atoms with van der Waals surface area (Å²) in [5.74, 6) is 0.138. The van der Waals surface area contributed by atoms with Gasteiger partial charge in [0.25, 0.3) is 0 Å². The van der Waals surface area contributed by atoms with Gasteiger partial charge in [-0.15, -0.1) is 0 Å². The van der Waals surface area contributed by atoms with Crippen molar-refractivity contribution in [2.24, 2.45) is 0 Å². The normalized spacial score (nSPS) is 7.23. The van der Waals surface area contributed by atoms with E-state index in [1.807, 2.05) is 13.8 Å². The standard InChI is InChI=1S/C7H13NO.3FH.Hf/c1-3-5-7(9)6-8-4-2;;;;/h3,5,8H,4,6H2,1-2H3;3*1H;/p-3. The molecule has 2 nitrogen and oxygen atoms in total. The first-order valence-corrected chi connectivity index (χ1v) is 3.17. The largest absolute Gasteiger partial charge is 1.00 e. The van der Waals surface area contributed by atoms with Crippen molar-refractivity contribution in [1.29, 1.82) is 0 Å². The molecule has 80 valence electrons. The molecular formula is C7H13F3HfNO-3. The van der Waals surface area contributed by atoms with Gasteiger partial charge in [0.05, 0.1) is 6.54 Å². The molecule has 0 saturated carbocycles. The number of allylic oxidation sites excluding steroid dienone is 1. The van der Waals surface area contributed by atoms with E-state index in [0.717, 1.165) is 6.54 Å². The molecule has 0 spiro atoms.